The monoisotopic (exact) mass is 381 g/mol. The lowest BCUT2D eigenvalue weighted by molar-refractivity contribution is 0.406. The van der Waals surface area contributed by atoms with Crippen LogP contribution >= 0.6 is 11.6 Å². The average Bonchev–Trinajstić information content (AvgIpc) is 3.46. The van der Waals surface area contributed by atoms with Gasteiger partial charge in [0, 0.05) is 11.5 Å². The van der Waals surface area contributed by atoms with Crippen LogP contribution in [0.4, 0.5) is 11.8 Å². The second-order valence-corrected chi connectivity index (χ2v) is 7.36. The molecule has 1 atom stereocenters. The molecule has 1 aromatic carbocycles. The molecule has 3 aliphatic rings. The highest BCUT2D eigenvalue weighted by molar-refractivity contribution is 6.29. The van der Waals surface area contributed by atoms with E-state index in [0.717, 1.165) is 35.7 Å². The largest absolute Gasteiger partial charge is 0.348 e. The number of rotatable bonds is 2. The van der Waals surface area contributed by atoms with Crippen molar-refractivity contribution in [3.63, 3.8) is 0 Å². The van der Waals surface area contributed by atoms with Crippen LogP contribution < -0.4 is 10.0 Å². The van der Waals surface area contributed by atoms with E-state index in [0.29, 0.717) is 17.2 Å². The van der Waals surface area contributed by atoms with Crippen LogP contribution in [-0.4, -0.2) is 26.0 Å². The van der Waals surface area contributed by atoms with E-state index in [4.69, 9.17) is 16.1 Å². The molecule has 0 amide bonds. The Hall–Kier alpha value is -2.87. The smallest absolute Gasteiger partial charge is 0.313 e. The molecule has 4 heterocycles. The molecule has 3 aromatic rings. The quantitative estimate of drug-likeness (QED) is 0.671. The van der Waals surface area contributed by atoms with Gasteiger partial charge in [-0.1, -0.05) is 36.2 Å². The Bertz CT molecular complexity index is 1050. The molecule has 0 saturated heterocycles. The van der Waals surface area contributed by atoms with Gasteiger partial charge in [0.15, 0.2) is 17.8 Å². The lowest BCUT2D eigenvalue weighted by Gasteiger charge is -2.35. The third-order valence-corrected chi connectivity index (χ3v) is 5.79. The molecule has 27 heavy (non-hydrogen) atoms. The summed E-state index contributed by atoms with van der Waals surface area (Å²) in [5.41, 5.74) is 2.02. The van der Waals surface area contributed by atoms with Gasteiger partial charge in [-0.3, -0.25) is 4.57 Å². The summed E-state index contributed by atoms with van der Waals surface area (Å²) < 4.78 is 7.50. The molecule has 0 radical (unpaired) electrons. The van der Waals surface area contributed by atoms with E-state index in [-0.39, 0.29) is 6.17 Å². The third-order valence-electron chi connectivity index (χ3n) is 5.52. The number of anilines is 2. The fraction of sp³-hybridized carbons (Fsp3) is 0.333. The predicted octanol–water partition coefficient (Wildman–Crippen LogP) is 3.85. The number of para-hydroxylation sites is 1. The highest BCUT2D eigenvalue weighted by Gasteiger charge is 2.41. The second-order valence-electron chi connectivity index (χ2n) is 7.02. The van der Waals surface area contributed by atoms with Crippen LogP contribution in [0.3, 0.4) is 0 Å². The first-order valence-corrected chi connectivity index (χ1v) is 9.47. The zero-order valence-electron chi connectivity index (χ0n) is 14.4. The summed E-state index contributed by atoms with van der Waals surface area (Å²) in [6, 6.07) is 8.45. The summed E-state index contributed by atoms with van der Waals surface area (Å²) in [4.78, 5) is 13.6. The van der Waals surface area contributed by atoms with Gasteiger partial charge in [0.05, 0.1) is 11.9 Å². The number of hydrazine groups is 1. The molecule has 8 nitrogen and oxygen atoms in total. The van der Waals surface area contributed by atoms with Crippen LogP contribution in [0.5, 0.6) is 0 Å². The average molecular weight is 382 g/mol. The zero-order valence-corrected chi connectivity index (χ0v) is 15.1. The van der Waals surface area contributed by atoms with Gasteiger partial charge in [-0.05, 0) is 30.5 Å². The minimum Gasteiger partial charge on any atom is -0.313 e. The summed E-state index contributed by atoms with van der Waals surface area (Å²) in [5.74, 6) is 1.98. The van der Waals surface area contributed by atoms with E-state index in [1.165, 1.54) is 12.8 Å². The van der Waals surface area contributed by atoms with Crippen LogP contribution in [-0.2, 0) is 0 Å². The summed E-state index contributed by atoms with van der Waals surface area (Å²) in [6.45, 7) is 0. The Labute approximate surface area is 160 Å². The van der Waals surface area contributed by atoms with Crippen molar-refractivity contribution in [2.24, 2.45) is 4.99 Å². The molecule has 1 fully saturated rings. The Kier molecular flexibility index (Phi) is 3.13. The summed E-state index contributed by atoms with van der Waals surface area (Å²) in [6.07, 6.45) is 7.93. The molecular formula is C18H16ClN7O. The second kappa shape index (κ2) is 5.56. The predicted molar refractivity (Wildman–Crippen MR) is 100 cm³/mol. The summed E-state index contributed by atoms with van der Waals surface area (Å²) in [7, 11) is 0. The molecule has 0 spiro atoms. The first-order chi connectivity index (χ1) is 13.3. The topological polar surface area (TPSA) is 75.6 Å². The standard InChI is InChI=1S/C18H16ClN7O/c19-17-20-9-14-25(17)13-8-4-3-7-12(13)16-21-10-24(26(14)16)18-22-15(23-27-18)11-5-1-2-6-11/h3-4,7-11,16H,1-2,5-6H2. The van der Waals surface area contributed by atoms with Gasteiger partial charge in [0.2, 0.25) is 5.28 Å². The van der Waals surface area contributed by atoms with Crippen molar-refractivity contribution in [3.8, 4) is 5.69 Å². The van der Waals surface area contributed by atoms with Gasteiger partial charge < -0.3 is 4.52 Å². The van der Waals surface area contributed by atoms with Gasteiger partial charge in [0.1, 0.15) is 6.34 Å². The maximum Gasteiger partial charge on any atom is 0.348 e. The Morgan fingerprint density at radius 2 is 2.00 bits per heavy atom. The van der Waals surface area contributed by atoms with Gasteiger partial charge in [-0.15, -0.1) is 0 Å². The van der Waals surface area contributed by atoms with Gasteiger partial charge in [-0.25, -0.2) is 15.0 Å². The van der Waals surface area contributed by atoms with Crippen LogP contribution in [0.25, 0.3) is 5.69 Å². The van der Waals surface area contributed by atoms with Crippen LogP contribution in [0.1, 0.15) is 49.2 Å². The van der Waals surface area contributed by atoms with Crippen molar-refractivity contribution in [1.29, 1.82) is 0 Å². The van der Waals surface area contributed by atoms with Gasteiger partial charge >= 0.3 is 6.01 Å². The highest BCUT2D eigenvalue weighted by Crippen LogP contribution is 2.44. The van der Waals surface area contributed by atoms with Crippen LogP contribution in [0.15, 0.2) is 40.0 Å². The van der Waals surface area contributed by atoms with Crippen molar-refractivity contribution in [2.45, 2.75) is 37.8 Å². The number of aliphatic imine (C=N–C) groups is 1. The zero-order chi connectivity index (χ0) is 18.0. The first kappa shape index (κ1) is 15.2. The number of hydrogen-bond acceptors (Lipinski definition) is 7. The number of hydrogen-bond donors (Lipinski definition) is 0. The molecule has 1 saturated carbocycles. The van der Waals surface area contributed by atoms with E-state index in [2.05, 4.69) is 20.1 Å². The number of aromatic nitrogens is 4. The third kappa shape index (κ3) is 2.10. The minimum absolute atomic E-state index is 0.219. The maximum atomic E-state index is 6.37. The number of nitrogens with zero attached hydrogens (tertiary/aromatic N) is 7. The van der Waals surface area contributed by atoms with E-state index in [9.17, 15) is 0 Å². The molecule has 2 aliphatic heterocycles. The Morgan fingerprint density at radius 1 is 1.15 bits per heavy atom. The Morgan fingerprint density at radius 3 is 2.89 bits per heavy atom. The van der Waals surface area contributed by atoms with Crippen molar-refractivity contribution < 1.29 is 4.52 Å². The van der Waals surface area contributed by atoms with E-state index >= 15 is 0 Å². The molecule has 136 valence electrons. The molecule has 0 N–H and O–H groups in total. The SMILES string of the molecule is Clc1ncc2n1-c1ccccc1C1N=CN(c3nc(C4CCCC4)no3)N21. The van der Waals surface area contributed by atoms with Crippen molar-refractivity contribution in [3.05, 3.63) is 47.1 Å². The minimum atomic E-state index is -0.219. The van der Waals surface area contributed by atoms with Crippen LogP contribution in [0.2, 0.25) is 5.28 Å². The molecule has 2 aromatic heterocycles. The fourth-order valence-corrected chi connectivity index (χ4v) is 4.46. The molecule has 0 bridgehead atoms. The molecule has 6 rings (SSSR count). The Balaban J connectivity index is 1.44. The molecular weight excluding hydrogens is 366 g/mol. The lowest BCUT2D eigenvalue weighted by atomic mass is 10.1. The lowest BCUT2D eigenvalue weighted by Crippen LogP contribution is -2.42. The van der Waals surface area contributed by atoms with E-state index < -0.39 is 0 Å². The number of fused-ring (bicyclic) bond motifs is 6. The maximum absolute atomic E-state index is 6.37. The van der Waals surface area contributed by atoms with Gasteiger partial charge in [0.25, 0.3) is 0 Å². The molecule has 1 aliphatic carbocycles. The summed E-state index contributed by atoms with van der Waals surface area (Å²) >= 11 is 6.37. The van der Waals surface area contributed by atoms with Crippen molar-refractivity contribution in [2.75, 3.05) is 10.0 Å². The number of benzene rings is 1. The molecule has 9 heteroatoms. The molecule has 1 unspecified atom stereocenters. The van der Waals surface area contributed by atoms with E-state index in [1.807, 2.05) is 33.8 Å². The summed E-state index contributed by atoms with van der Waals surface area (Å²) in [5, 5.41) is 8.39. The van der Waals surface area contributed by atoms with Crippen LogP contribution in [0, 0.1) is 0 Å². The fourth-order valence-electron chi connectivity index (χ4n) is 4.24. The number of halogens is 1. The first-order valence-electron chi connectivity index (χ1n) is 9.09. The van der Waals surface area contributed by atoms with Crippen molar-refractivity contribution >= 4 is 29.8 Å². The van der Waals surface area contributed by atoms with Crippen molar-refractivity contribution in [1.82, 2.24) is 19.7 Å². The highest BCUT2D eigenvalue weighted by atomic mass is 35.5. The van der Waals surface area contributed by atoms with E-state index in [1.54, 1.807) is 17.5 Å². The van der Waals surface area contributed by atoms with Gasteiger partial charge in [-0.2, -0.15) is 9.99 Å². The number of imidazole rings is 1. The normalized spacial score (nSPS) is 20.9.